The van der Waals surface area contributed by atoms with E-state index in [0.29, 0.717) is 12.1 Å². The van der Waals surface area contributed by atoms with Gasteiger partial charge in [0.25, 0.3) is 11.7 Å². The Morgan fingerprint density at radius 3 is 2.80 bits per heavy atom. The maximum Gasteiger partial charge on any atom is 0.294 e. The van der Waals surface area contributed by atoms with Crippen LogP contribution in [0.3, 0.4) is 0 Å². The predicted molar refractivity (Wildman–Crippen MR) is 73.1 cm³/mol. The Morgan fingerprint density at radius 2 is 2.20 bits per heavy atom. The van der Waals surface area contributed by atoms with Gasteiger partial charge >= 0.3 is 0 Å². The minimum atomic E-state index is -0.608. The van der Waals surface area contributed by atoms with Crippen molar-refractivity contribution in [3.05, 3.63) is 48.3 Å². The minimum absolute atomic E-state index is 0.191. The van der Waals surface area contributed by atoms with Gasteiger partial charge < -0.3 is 9.88 Å². The number of rotatable bonds is 5. The third-order valence-corrected chi connectivity index (χ3v) is 2.89. The smallest absolute Gasteiger partial charge is 0.294 e. The molecule has 0 radical (unpaired) electrons. The van der Waals surface area contributed by atoms with E-state index in [4.69, 9.17) is 0 Å². The van der Waals surface area contributed by atoms with Crippen molar-refractivity contribution in [2.75, 3.05) is 0 Å². The zero-order chi connectivity index (χ0) is 14.5. The molecule has 2 rings (SSSR count). The van der Waals surface area contributed by atoms with E-state index in [9.17, 15) is 9.59 Å². The summed E-state index contributed by atoms with van der Waals surface area (Å²) in [6.45, 7) is 1.82. The molecule has 1 amide bonds. The van der Waals surface area contributed by atoms with Crippen molar-refractivity contribution in [3.63, 3.8) is 0 Å². The Hall–Kier alpha value is -2.50. The van der Waals surface area contributed by atoms with E-state index < -0.39 is 11.7 Å². The van der Waals surface area contributed by atoms with Gasteiger partial charge in [0.2, 0.25) is 0 Å². The lowest BCUT2D eigenvalue weighted by molar-refractivity contribution is -0.117. The zero-order valence-electron chi connectivity index (χ0n) is 11.4. The number of ketones is 1. The molecule has 6 heteroatoms. The molecule has 0 aliphatic heterocycles. The molecule has 1 N–H and O–H groups in total. The van der Waals surface area contributed by atoms with Gasteiger partial charge in [-0.15, -0.1) is 0 Å². The molecule has 2 aromatic rings. The first-order valence-electron chi connectivity index (χ1n) is 6.29. The topological polar surface area (TPSA) is 76.9 Å². The minimum Gasteiger partial charge on any atom is -0.348 e. The van der Waals surface area contributed by atoms with Crippen LogP contribution in [0.1, 0.15) is 23.1 Å². The van der Waals surface area contributed by atoms with Gasteiger partial charge in [-0.05, 0) is 19.1 Å². The number of hydrogen-bond donors (Lipinski definition) is 1. The van der Waals surface area contributed by atoms with Gasteiger partial charge in [0.05, 0.1) is 11.4 Å². The number of hydrogen-bond acceptors (Lipinski definition) is 4. The van der Waals surface area contributed by atoms with Crippen molar-refractivity contribution in [3.8, 4) is 0 Å². The van der Waals surface area contributed by atoms with Crippen LogP contribution in [0.25, 0.3) is 0 Å². The first-order chi connectivity index (χ1) is 9.58. The Labute approximate surface area is 116 Å². The molecule has 0 saturated heterocycles. The molecule has 0 fully saturated rings. The van der Waals surface area contributed by atoms with E-state index in [1.54, 1.807) is 48.5 Å². The van der Waals surface area contributed by atoms with E-state index in [0.717, 1.165) is 5.69 Å². The molecule has 0 aromatic carbocycles. The fraction of sp³-hybridized carbons (Fsp3) is 0.286. The quantitative estimate of drug-likeness (QED) is 0.643. The third-order valence-electron chi connectivity index (χ3n) is 2.89. The summed E-state index contributed by atoms with van der Waals surface area (Å²) in [6, 6.07) is 3.15. The maximum absolute atomic E-state index is 12.0. The standard InChI is InChI=1S/C14H16N4O2/c1-10(8-11-9-15-5-6-16-11)17-14(20)13(19)12-4-3-7-18(12)2/h3-7,9-10H,8H2,1-2H3,(H,17,20)/t10-/m1/s1. The van der Waals surface area contributed by atoms with Crippen molar-refractivity contribution in [1.29, 1.82) is 0 Å². The van der Waals surface area contributed by atoms with Crippen molar-refractivity contribution < 1.29 is 9.59 Å². The second-order valence-electron chi connectivity index (χ2n) is 4.61. The number of amides is 1. The highest BCUT2D eigenvalue weighted by Gasteiger charge is 2.20. The van der Waals surface area contributed by atoms with E-state index >= 15 is 0 Å². The van der Waals surface area contributed by atoms with Crippen LogP contribution in [0.2, 0.25) is 0 Å². The molecule has 2 heterocycles. The van der Waals surface area contributed by atoms with Gasteiger partial charge in [0, 0.05) is 44.3 Å². The van der Waals surface area contributed by atoms with Crippen LogP contribution >= 0.6 is 0 Å². The molecular formula is C14H16N4O2. The molecule has 6 nitrogen and oxygen atoms in total. The first kappa shape index (κ1) is 13.9. The van der Waals surface area contributed by atoms with Gasteiger partial charge in [-0.25, -0.2) is 0 Å². The van der Waals surface area contributed by atoms with Crippen LogP contribution in [-0.2, 0) is 18.3 Å². The van der Waals surface area contributed by atoms with Crippen molar-refractivity contribution >= 4 is 11.7 Å². The number of aromatic nitrogens is 3. The number of Topliss-reactive ketones (excluding diaryl/α,β-unsaturated/α-hetero) is 1. The normalized spacial score (nSPS) is 11.9. The fourth-order valence-corrected chi connectivity index (χ4v) is 1.90. The fourth-order valence-electron chi connectivity index (χ4n) is 1.90. The average molecular weight is 272 g/mol. The third kappa shape index (κ3) is 3.28. The van der Waals surface area contributed by atoms with Crippen molar-refractivity contribution in [2.24, 2.45) is 7.05 Å². The number of carbonyl (C=O) groups excluding carboxylic acids is 2. The summed E-state index contributed by atoms with van der Waals surface area (Å²) >= 11 is 0. The van der Waals surface area contributed by atoms with Gasteiger partial charge in [0.1, 0.15) is 0 Å². The number of nitrogens with zero attached hydrogens (tertiary/aromatic N) is 3. The molecule has 104 valence electrons. The van der Waals surface area contributed by atoms with Crippen molar-refractivity contribution in [2.45, 2.75) is 19.4 Å². The molecule has 0 aliphatic carbocycles. The van der Waals surface area contributed by atoms with Gasteiger partial charge in [-0.3, -0.25) is 19.6 Å². The molecule has 1 atom stereocenters. The van der Waals surface area contributed by atoms with E-state index in [1.165, 1.54) is 0 Å². The van der Waals surface area contributed by atoms with Crippen LogP contribution < -0.4 is 5.32 Å². The second-order valence-corrected chi connectivity index (χ2v) is 4.61. The highest BCUT2D eigenvalue weighted by atomic mass is 16.2. The lowest BCUT2D eigenvalue weighted by atomic mass is 10.1. The van der Waals surface area contributed by atoms with Crippen LogP contribution in [0.5, 0.6) is 0 Å². The lowest BCUT2D eigenvalue weighted by Gasteiger charge is -2.12. The van der Waals surface area contributed by atoms with Crippen LogP contribution in [0, 0.1) is 0 Å². The first-order valence-corrected chi connectivity index (χ1v) is 6.29. The summed E-state index contributed by atoms with van der Waals surface area (Å²) in [5.41, 5.74) is 1.14. The summed E-state index contributed by atoms with van der Waals surface area (Å²) in [5.74, 6) is -1.15. The Balaban J connectivity index is 1.94. The van der Waals surface area contributed by atoms with Crippen molar-refractivity contribution in [1.82, 2.24) is 19.9 Å². The van der Waals surface area contributed by atoms with Gasteiger partial charge in [-0.2, -0.15) is 0 Å². The average Bonchev–Trinajstić information content (AvgIpc) is 2.85. The molecule has 2 aromatic heterocycles. The maximum atomic E-state index is 12.0. The summed E-state index contributed by atoms with van der Waals surface area (Å²) in [5, 5.41) is 2.67. The number of carbonyl (C=O) groups is 2. The largest absolute Gasteiger partial charge is 0.348 e. The molecular weight excluding hydrogens is 256 g/mol. The molecule has 0 aliphatic rings. The van der Waals surface area contributed by atoms with E-state index in [2.05, 4.69) is 15.3 Å². The molecule has 0 bridgehead atoms. The van der Waals surface area contributed by atoms with Crippen LogP contribution in [0.15, 0.2) is 36.9 Å². The molecule has 0 spiro atoms. The summed E-state index contributed by atoms with van der Waals surface area (Å²) in [6.07, 6.45) is 7.08. The highest BCUT2D eigenvalue weighted by molar-refractivity contribution is 6.42. The summed E-state index contributed by atoms with van der Waals surface area (Å²) in [4.78, 5) is 31.9. The number of aryl methyl sites for hydroxylation is 1. The van der Waals surface area contributed by atoms with E-state index in [1.807, 2.05) is 6.92 Å². The SMILES string of the molecule is C[C@H](Cc1cnccn1)NC(=O)C(=O)c1cccn1C. The van der Waals surface area contributed by atoms with E-state index in [-0.39, 0.29) is 6.04 Å². The molecule has 20 heavy (non-hydrogen) atoms. The Bertz CT molecular complexity index is 607. The molecule has 0 saturated carbocycles. The van der Waals surface area contributed by atoms with Gasteiger partial charge in [-0.1, -0.05) is 0 Å². The van der Waals surface area contributed by atoms with Crippen LogP contribution in [-0.4, -0.2) is 32.3 Å². The highest BCUT2D eigenvalue weighted by Crippen LogP contribution is 2.02. The monoisotopic (exact) mass is 272 g/mol. The second kappa shape index (κ2) is 6.10. The summed E-state index contributed by atoms with van der Waals surface area (Å²) in [7, 11) is 1.73. The van der Waals surface area contributed by atoms with Gasteiger partial charge in [0.15, 0.2) is 0 Å². The predicted octanol–water partition coefficient (Wildman–Crippen LogP) is 0.745. The molecule has 0 unspecified atom stereocenters. The summed E-state index contributed by atoms with van der Waals surface area (Å²) < 4.78 is 1.62. The van der Waals surface area contributed by atoms with Crippen LogP contribution in [0.4, 0.5) is 0 Å². The number of nitrogens with one attached hydrogen (secondary N) is 1. The Kier molecular flexibility index (Phi) is 4.24. The Morgan fingerprint density at radius 1 is 1.40 bits per heavy atom. The zero-order valence-corrected chi connectivity index (χ0v) is 11.4. The lowest BCUT2D eigenvalue weighted by Crippen LogP contribution is -2.39.